The quantitative estimate of drug-likeness (QED) is 0.761. The normalized spacial score (nSPS) is 27.3. The van der Waals surface area contributed by atoms with Crippen molar-refractivity contribution in [2.24, 2.45) is 0 Å². The largest absolute Gasteiger partial charge is 0.340 e. The molecule has 1 aromatic rings. The zero-order chi connectivity index (χ0) is 19.9. The molecule has 0 bridgehead atoms. The Labute approximate surface area is 173 Å². The molecule has 0 saturated carbocycles. The van der Waals surface area contributed by atoms with E-state index in [4.69, 9.17) is 11.6 Å². The van der Waals surface area contributed by atoms with Crippen molar-refractivity contribution >= 4 is 50.7 Å². The number of piperazine rings is 1. The van der Waals surface area contributed by atoms with Crippen molar-refractivity contribution in [3.63, 3.8) is 0 Å². The number of anilines is 1. The summed E-state index contributed by atoms with van der Waals surface area (Å²) in [6, 6.07) is 5.41. The van der Waals surface area contributed by atoms with E-state index in [1.54, 1.807) is 17.0 Å². The van der Waals surface area contributed by atoms with E-state index in [1.807, 2.05) is 6.07 Å². The highest BCUT2D eigenvalue weighted by molar-refractivity contribution is 8.01. The molecule has 0 aliphatic carbocycles. The number of fused-ring (bicyclic) bond motifs is 1. The fraction of sp³-hybridized carbons (Fsp3) is 0.556. The van der Waals surface area contributed by atoms with Crippen LogP contribution in [0.5, 0.6) is 0 Å². The van der Waals surface area contributed by atoms with E-state index < -0.39 is 15.1 Å². The van der Waals surface area contributed by atoms with E-state index in [-0.39, 0.29) is 35.8 Å². The molecule has 0 aromatic heterocycles. The summed E-state index contributed by atoms with van der Waals surface area (Å²) >= 11 is 7.35. The van der Waals surface area contributed by atoms with Gasteiger partial charge in [0.1, 0.15) is 0 Å². The third kappa shape index (κ3) is 4.32. The lowest BCUT2D eigenvalue weighted by molar-refractivity contribution is -0.134. The molecule has 2 atom stereocenters. The number of nitrogens with one attached hydrogen (secondary N) is 1. The van der Waals surface area contributed by atoms with Gasteiger partial charge in [0.15, 0.2) is 9.84 Å². The number of amides is 2. The van der Waals surface area contributed by atoms with E-state index in [9.17, 15) is 18.0 Å². The van der Waals surface area contributed by atoms with Gasteiger partial charge in [-0.25, -0.2) is 8.42 Å². The Kier molecular flexibility index (Phi) is 5.61. The monoisotopic (exact) mass is 443 g/mol. The third-order valence-electron chi connectivity index (χ3n) is 5.51. The van der Waals surface area contributed by atoms with Crippen LogP contribution in [-0.2, 0) is 19.4 Å². The van der Waals surface area contributed by atoms with Gasteiger partial charge in [0.05, 0.1) is 22.4 Å². The van der Waals surface area contributed by atoms with Crippen LogP contribution < -0.4 is 5.32 Å². The maximum atomic E-state index is 12.7. The highest BCUT2D eigenvalue weighted by Gasteiger charge is 2.35. The van der Waals surface area contributed by atoms with Crippen LogP contribution >= 0.6 is 23.4 Å². The second kappa shape index (κ2) is 7.85. The van der Waals surface area contributed by atoms with Crippen molar-refractivity contribution in [1.82, 2.24) is 9.80 Å². The minimum Gasteiger partial charge on any atom is -0.340 e. The molecule has 3 aliphatic heterocycles. The number of hydrogen-bond acceptors (Lipinski definition) is 6. The Balaban J connectivity index is 1.31. The van der Waals surface area contributed by atoms with Gasteiger partial charge in [-0.2, -0.15) is 0 Å². The predicted octanol–water partition coefficient (Wildman–Crippen LogP) is 1.47. The fourth-order valence-electron chi connectivity index (χ4n) is 3.94. The molecule has 2 unspecified atom stereocenters. The number of carbonyl (C=O) groups is 2. The van der Waals surface area contributed by atoms with Gasteiger partial charge < -0.3 is 10.2 Å². The predicted molar refractivity (Wildman–Crippen MR) is 110 cm³/mol. The minimum absolute atomic E-state index is 0.0382. The van der Waals surface area contributed by atoms with Crippen LogP contribution in [0.1, 0.15) is 12.8 Å². The van der Waals surface area contributed by atoms with Crippen molar-refractivity contribution in [2.45, 2.75) is 29.0 Å². The van der Waals surface area contributed by atoms with Gasteiger partial charge in [-0.15, -0.1) is 11.8 Å². The van der Waals surface area contributed by atoms with Crippen molar-refractivity contribution in [3.05, 3.63) is 23.2 Å². The fourth-order valence-corrected chi connectivity index (χ4v) is 6.96. The average Bonchev–Trinajstić information content (AvgIpc) is 3.02. The maximum Gasteiger partial charge on any atom is 0.238 e. The van der Waals surface area contributed by atoms with Crippen LogP contribution in [0.3, 0.4) is 0 Å². The summed E-state index contributed by atoms with van der Waals surface area (Å²) in [5.41, 5.74) is 0.686. The smallest absolute Gasteiger partial charge is 0.238 e. The highest BCUT2D eigenvalue weighted by Crippen LogP contribution is 2.38. The van der Waals surface area contributed by atoms with Gasteiger partial charge in [-0.3, -0.25) is 14.5 Å². The second-order valence-corrected chi connectivity index (χ2v) is 11.3. The van der Waals surface area contributed by atoms with Crippen LogP contribution in [0.25, 0.3) is 0 Å². The van der Waals surface area contributed by atoms with E-state index >= 15 is 0 Å². The first kappa shape index (κ1) is 20.0. The summed E-state index contributed by atoms with van der Waals surface area (Å²) in [5, 5.41) is 2.93. The number of halogens is 1. The number of sulfone groups is 1. The van der Waals surface area contributed by atoms with Gasteiger partial charge in [0.25, 0.3) is 0 Å². The summed E-state index contributed by atoms with van der Waals surface area (Å²) < 4.78 is 23.4. The Hall–Kier alpha value is -1.29. The molecular weight excluding hydrogens is 422 g/mol. The van der Waals surface area contributed by atoms with Crippen molar-refractivity contribution in [2.75, 3.05) is 43.0 Å². The molecule has 10 heteroatoms. The Morgan fingerprint density at radius 3 is 2.68 bits per heavy atom. The first-order chi connectivity index (χ1) is 13.3. The lowest BCUT2D eigenvalue weighted by Crippen LogP contribution is -2.52. The number of carbonyl (C=O) groups excluding carboxylic acids is 2. The summed E-state index contributed by atoms with van der Waals surface area (Å²) in [6.45, 7) is 2.50. The second-order valence-electron chi connectivity index (χ2n) is 7.41. The van der Waals surface area contributed by atoms with Crippen LogP contribution in [0, 0.1) is 0 Å². The van der Waals surface area contributed by atoms with Gasteiger partial charge in [0, 0.05) is 48.6 Å². The average molecular weight is 444 g/mol. The molecule has 0 spiro atoms. The molecule has 3 aliphatic rings. The Morgan fingerprint density at radius 2 is 2.00 bits per heavy atom. The van der Waals surface area contributed by atoms with E-state index in [2.05, 4.69) is 10.2 Å². The van der Waals surface area contributed by atoms with Crippen molar-refractivity contribution < 1.29 is 18.0 Å². The van der Waals surface area contributed by atoms with Crippen LogP contribution in [0.4, 0.5) is 5.69 Å². The van der Waals surface area contributed by atoms with Crippen molar-refractivity contribution in [1.29, 1.82) is 0 Å². The summed E-state index contributed by atoms with van der Waals surface area (Å²) in [4.78, 5) is 29.9. The summed E-state index contributed by atoms with van der Waals surface area (Å²) in [5.74, 6) is 0.271. The molecule has 1 N–H and O–H groups in total. The van der Waals surface area contributed by atoms with E-state index in [0.717, 1.165) is 4.90 Å². The molecule has 2 fully saturated rings. The summed E-state index contributed by atoms with van der Waals surface area (Å²) in [6.07, 6.45) is 0.828. The topological polar surface area (TPSA) is 86.8 Å². The Bertz CT molecular complexity index is 900. The van der Waals surface area contributed by atoms with Gasteiger partial charge >= 0.3 is 0 Å². The van der Waals surface area contributed by atoms with Gasteiger partial charge in [-0.1, -0.05) is 11.6 Å². The first-order valence-corrected chi connectivity index (χ1v) is 12.4. The maximum absolute atomic E-state index is 12.7. The highest BCUT2D eigenvalue weighted by atomic mass is 35.5. The van der Waals surface area contributed by atoms with Gasteiger partial charge in [0.2, 0.25) is 11.8 Å². The molecule has 28 heavy (non-hydrogen) atoms. The number of rotatable bonds is 3. The lowest BCUT2D eigenvalue weighted by Gasteiger charge is -2.38. The molecule has 152 valence electrons. The molecule has 2 amide bonds. The van der Waals surface area contributed by atoms with Gasteiger partial charge in [-0.05, 0) is 24.6 Å². The number of hydrogen-bond donors (Lipinski definition) is 1. The molecule has 2 saturated heterocycles. The lowest BCUT2D eigenvalue weighted by atomic mass is 10.1. The number of benzene rings is 1. The molecule has 4 rings (SSSR count). The molecule has 1 aromatic carbocycles. The number of thioether (sulfide) groups is 1. The van der Waals surface area contributed by atoms with E-state index in [0.29, 0.717) is 43.3 Å². The standard InChI is InChI=1S/C18H22ClN3O4S2/c19-12-1-2-15-14(9-12)20-18(24)16(27-15)10-17(23)22-6-4-21(5-7-22)13-3-8-28(25,26)11-13/h1-2,9,13,16H,3-8,10-11H2,(H,20,24). The summed E-state index contributed by atoms with van der Waals surface area (Å²) in [7, 11) is -2.90. The zero-order valence-electron chi connectivity index (χ0n) is 15.3. The molecular formula is C18H22ClN3O4S2. The molecule has 3 heterocycles. The van der Waals surface area contributed by atoms with Crippen LogP contribution in [0.15, 0.2) is 23.1 Å². The SMILES string of the molecule is O=C1Nc2cc(Cl)ccc2SC1CC(=O)N1CCN(C2CCS(=O)(=O)C2)CC1. The minimum atomic E-state index is -2.90. The first-order valence-electron chi connectivity index (χ1n) is 9.30. The van der Waals surface area contributed by atoms with Crippen LogP contribution in [0.2, 0.25) is 5.02 Å². The molecule has 0 radical (unpaired) electrons. The van der Waals surface area contributed by atoms with Crippen molar-refractivity contribution in [3.8, 4) is 0 Å². The van der Waals surface area contributed by atoms with Crippen LogP contribution in [-0.4, -0.2) is 79.0 Å². The Morgan fingerprint density at radius 1 is 1.25 bits per heavy atom. The molecule has 7 nitrogen and oxygen atoms in total. The zero-order valence-corrected chi connectivity index (χ0v) is 17.7. The third-order valence-corrected chi connectivity index (χ3v) is 8.77. The van der Waals surface area contributed by atoms with E-state index in [1.165, 1.54) is 11.8 Å². The number of nitrogens with zero attached hydrogens (tertiary/aromatic N) is 2.